The molecule has 6 rings (SSSR count). The summed E-state index contributed by atoms with van der Waals surface area (Å²) in [6.07, 6.45) is 3.31. The van der Waals surface area contributed by atoms with Gasteiger partial charge in [0.1, 0.15) is 17.1 Å². The number of hydrogen-bond donors (Lipinski definition) is 2. The first-order valence-electron chi connectivity index (χ1n) is 12.2. The minimum absolute atomic E-state index is 0.145. The summed E-state index contributed by atoms with van der Waals surface area (Å²) < 4.78 is 43.0. The first-order valence-corrected chi connectivity index (χ1v) is 12.2. The van der Waals surface area contributed by atoms with E-state index in [-0.39, 0.29) is 17.4 Å². The van der Waals surface area contributed by atoms with E-state index in [4.69, 9.17) is 20.0 Å². The molecule has 1 saturated heterocycles. The zero-order valence-corrected chi connectivity index (χ0v) is 20.6. The number of nitrogens with zero attached hydrogens (tertiary/aromatic N) is 7. The summed E-state index contributed by atoms with van der Waals surface area (Å²) >= 11 is 0. The molecule has 1 aromatic carbocycles. The van der Waals surface area contributed by atoms with Gasteiger partial charge < -0.3 is 24.9 Å². The number of furan rings is 1. The van der Waals surface area contributed by atoms with E-state index in [2.05, 4.69) is 20.1 Å². The molecule has 0 saturated carbocycles. The number of anilines is 2. The second kappa shape index (κ2) is 9.87. The Labute approximate surface area is 219 Å². The smallest absolute Gasteiger partial charge is 0.341 e. The number of benzene rings is 1. The molecule has 14 heteroatoms. The second-order valence-electron chi connectivity index (χ2n) is 9.13. The summed E-state index contributed by atoms with van der Waals surface area (Å²) in [5, 5.41) is 18.5. The average molecular weight is 539 g/mol. The molecule has 5 heterocycles. The van der Waals surface area contributed by atoms with Crippen LogP contribution in [0.25, 0.3) is 28.0 Å². The maximum absolute atomic E-state index is 14.7. The zero-order valence-electron chi connectivity index (χ0n) is 20.6. The fraction of sp³-hybridized carbons (Fsp3) is 0.280. The first kappa shape index (κ1) is 24.6. The van der Waals surface area contributed by atoms with E-state index in [9.17, 15) is 13.6 Å². The lowest BCUT2D eigenvalue weighted by Crippen LogP contribution is -2.47. The third kappa shape index (κ3) is 4.69. The number of carboxylic acids is 1. The van der Waals surface area contributed by atoms with Gasteiger partial charge in [-0.25, -0.2) is 18.3 Å². The van der Waals surface area contributed by atoms with Gasteiger partial charge in [-0.05, 0) is 18.2 Å². The van der Waals surface area contributed by atoms with Crippen molar-refractivity contribution in [3.8, 4) is 17.2 Å². The van der Waals surface area contributed by atoms with Gasteiger partial charge in [-0.15, -0.1) is 0 Å². The van der Waals surface area contributed by atoms with Crippen LogP contribution in [0.15, 0.2) is 47.2 Å². The average Bonchev–Trinajstić information content (AvgIpc) is 3.66. The molecule has 1 aliphatic heterocycles. The standard InChI is InChI=1S/C25H24F2N8O4/c26-17-10-15(39-14-22(36)37)11-18(27)23(17)33-6-3-32(4-7-33)5-8-34-24-16(13-29-34)20-12-19(21-2-1-9-38-21)31-35(20)25(28)30-24/h1-2,9-13H,3-8,14H2,(H2,28,30)(H,36,37). The predicted octanol–water partition coefficient (Wildman–Crippen LogP) is 2.49. The Morgan fingerprint density at radius 3 is 2.59 bits per heavy atom. The van der Waals surface area contributed by atoms with Crippen molar-refractivity contribution in [3.05, 3.63) is 54.4 Å². The Balaban J connectivity index is 1.12. The van der Waals surface area contributed by atoms with Crippen LogP contribution in [0, 0.1) is 11.6 Å². The van der Waals surface area contributed by atoms with Gasteiger partial charge in [0.05, 0.1) is 29.9 Å². The summed E-state index contributed by atoms with van der Waals surface area (Å²) in [6, 6.07) is 7.50. The Morgan fingerprint density at radius 2 is 1.90 bits per heavy atom. The largest absolute Gasteiger partial charge is 0.482 e. The van der Waals surface area contributed by atoms with E-state index >= 15 is 0 Å². The molecule has 3 N–H and O–H groups in total. The van der Waals surface area contributed by atoms with Crippen molar-refractivity contribution in [1.82, 2.24) is 29.3 Å². The van der Waals surface area contributed by atoms with Gasteiger partial charge in [0.2, 0.25) is 5.95 Å². The van der Waals surface area contributed by atoms with Crippen LogP contribution in [0.5, 0.6) is 5.75 Å². The number of rotatable bonds is 8. The second-order valence-corrected chi connectivity index (χ2v) is 9.13. The van der Waals surface area contributed by atoms with Crippen molar-refractivity contribution in [2.24, 2.45) is 0 Å². The maximum Gasteiger partial charge on any atom is 0.341 e. The Kier molecular flexibility index (Phi) is 6.23. The zero-order chi connectivity index (χ0) is 27.1. The predicted molar refractivity (Wildman–Crippen MR) is 137 cm³/mol. The lowest BCUT2D eigenvalue weighted by atomic mass is 10.2. The SMILES string of the molecule is Nc1nc2c(cnn2CCN2CCN(c3c(F)cc(OCC(=O)O)cc3F)CC2)c2cc(-c3ccco3)nn12. The highest BCUT2D eigenvalue weighted by atomic mass is 19.1. The van der Waals surface area contributed by atoms with Crippen LogP contribution in [0.4, 0.5) is 20.4 Å². The highest BCUT2D eigenvalue weighted by Crippen LogP contribution is 2.30. The number of nitrogens with two attached hydrogens (primary N) is 1. The van der Waals surface area contributed by atoms with E-state index in [1.54, 1.807) is 32.6 Å². The molecule has 0 aliphatic carbocycles. The van der Waals surface area contributed by atoms with Gasteiger partial charge >= 0.3 is 5.97 Å². The number of aromatic nitrogens is 5. The highest BCUT2D eigenvalue weighted by molar-refractivity contribution is 5.93. The minimum Gasteiger partial charge on any atom is -0.482 e. The summed E-state index contributed by atoms with van der Waals surface area (Å²) in [5.74, 6) is -2.13. The quantitative estimate of drug-likeness (QED) is 0.303. The molecule has 0 atom stereocenters. The van der Waals surface area contributed by atoms with Crippen molar-refractivity contribution >= 4 is 34.2 Å². The lowest BCUT2D eigenvalue weighted by Gasteiger charge is -2.36. The summed E-state index contributed by atoms with van der Waals surface area (Å²) in [7, 11) is 0. The van der Waals surface area contributed by atoms with E-state index in [0.29, 0.717) is 56.4 Å². The topological polar surface area (TPSA) is 140 Å². The molecule has 0 bridgehead atoms. The van der Waals surface area contributed by atoms with Gasteiger partial charge in [0.15, 0.2) is 29.6 Å². The molecular weight excluding hydrogens is 514 g/mol. The molecule has 1 fully saturated rings. The molecule has 0 spiro atoms. The fourth-order valence-electron chi connectivity index (χ4n) is 4.79. The monoisotopic (exact) mass is 538 g/mol. The normalized spacial score (nSPS) is 14.5. The van der Waals surface area contributed by atoms with Crippen molar-refractivity contribution in [2.45, 2.75) is 6.54 Å². The molecule has 1 aliphatic rings. The maximum atomic E-state index is 14.7. The van der Waals surface area contributed by atoms with Gasteiger partial charge in [-0.3, -0.25) is 4.90 Å². The number of aliphatic carboxylic acids is 1. The van der Waals surface area contributed by atoms with Crippen LogP contribution in [0.2, 0.25) is 0 Å². The number of piperazine rings is 1. The third-order valence-electron chi connectivity index (χ3n) is 6.68. The number of ether oxygens (including phenoxy) is 1. The fourth-order valence-corrected chi connectivity index (χ4v) is 4.79. The lowest BCUT2D eigenvalue weighted by molar-refractivity contribution is -0.139. The number of carboxylic acid groups (broad SMARTS) is 1. The Bertz CT molecular complexity index is 1630. The van der Waals surface area contributed by atoms with Crippen LogP contribution < -0.4 is 15.4 Å². The molecule has 39 heavy (non-hydrogen) atoms. The summed E-state index contributed by atoms with van der Waals surface area (Å²) in [4.78, 5) is 19.0. The number of carbonyl (C=O) groups is 1. The molecule has 4 aromatic heterocycles. The molecular formula is C25H24F2N8O4. The highest BCUT2D eigenvalue weighted by Gasteiger charge is 2.24. The summed E-state index contributed by atoms with van der Waals surface area (Å²) in [5.41, 5.74) is 8.10. The number of fused-ring (bicyclic) bond motifs is 3. The molecule has 0 unspecified atom stereocenters. The molecule has 0 radical (unpaired) electrons. The van der Waals surface area contributed by atoms with E-state index in [1.165, 1.54) is 0 Å². The molecule has 202 valence electrons. The Morgan fingerprint density at radius 1 is 1.13 bits per heavy atom. The van der Waals surface area contributed by atoms with Crippen LogP contribution in [0.1, 0.15) is 0 Å². The third-order valence-corrected chi connectivity index (χ3v) is 6.68. The molecule has 0 amide bonds. The Hall–Kier alpha value is -4.72. The van der Waals surface area contributed by atoms with Gasteiger partial charge in [-0.1, -0.05) is 0 Å². The van der Waals surface area contributed by atoms with Crippen LogP contribution >= 0.6 is 0 Å². The van der Waals surface area contributed by atoms with Crippen LogP contribution in [0.3, 0.4) is 0 Å². The van der Waals surface area contributed by atoms with Crippen LogP contribution in [-0.2, 0) is 11.3 Å². The van der Waals surface area contributed by atoms with Crippen LogP contribution in [-0.4, -0.2) is 79.7 Å². The minimum atomic E-state index is -1.23. The van der Waals surface area contributed by atoms with Gasteiger partial charge in [0.25, 0.3) is 0 Å². The van der Waals surface area contributed by atoms with Gasteiger partial charge in [0, 0.05) is 44.9 Å². The van der Waals surface area contributed by atoms with E-state index in [0.717, 1.165) is 23.0 Å². The number of hydrogen-bond acceptors (Lipinski definition) is 9. The van der Waals surface area contributed by atoms with Crippen molar-refractivity contribution in [2.75, 3.05) is 50.0 Å². The van der Waals surface area contributed by atoms with Gasteiger partial charge in [-0.2, -0.15) is 19.7 Å². The number of nitrogen functional groups attached to an aromatic ring is 1. The van der Waals surface area contributed by atoms with E-state index in [1.807, 2.05) is 12.1 Å². The van der Waals surface area contributed by atoms with Crippen molar-refractivity contribution in [3.63, 3.8) is 0 Å². The van der Waals surface area contributed by atoms with Crippen molar-refractivity contribution < 1.29 is 27.8 Å². The van der Waals surface area contributed by atoms with Crippen molar-refractivity contribution in [1.29, 1.82) is 0 Å². The summed E-state index contributed by atoms with van der Waals surface area (Å²) in [6.45, 7) is 2.53. The molecule has 5 aromatic rings. The number of halogens is 2. The first-order chi connectivity index (χ1) is 18.9. The molecule has 12 nitrogen and oxygen atoms in total. The van der Waals surface area contributed by atoms with E-state index < -0.39 is 24.2 Å².